The SMILES string of the molecule is CC(C)(C)c1ccccc1-c1cccc2c1C=C(c1ccccc1)[CH]2[Zr]([c]1cccc2c1[SiH2]c1ccccc1-2)[CH]1C(c2ccccc2)=Cc2c(-c3ccccc3C(C)(C)C)cccc21. The van der Waals surface area contributed by atoms with Gasteiger partial charge in [0.15, 0.2) is 0 Å². The second-order valence-corrected chi connectivity index (χ2v) is 28.3. The van der Waals surface area contributed by atoms with Gasteiger partial charge in [0.2, 0.25) is 0 Å². The molecule has 11 rings (SSSR count). The van der Waals surface area contributed by atoms with Gasteiger partial charge in [-0.25, -0.2) is 0 Å². The first-order valence-electron chi connectivity index (χ1n) is 23.1. The Morgan fingerprint density at radius 1 is 0.375 bits per heavy atom. The minimum atomic E-state index is -3.19. The molecule has 8 aromatic carbocycles. The molecule has 0 nitrogen and oxygen atoms in total. The molecule has 0 aromatic heterocycles. The molecule has 0 saturated heterocycles. The van der Waals surface area contributed by atoms with Crippen molar-refractivity contribution >= 4 is 46.5 Å². The Morgan fingerprint density at radius 3 is 1.28 bits per heavy atom. The summed E-state index contributed by atoms with van der Waals surface area (Å²) in [5.41, 5.74) is 22.7. The van der Waals surface area contributed by atoms with Crippen molar-refractivity contribution in [3.8, 4) is 33.4 Å². The zero-order chi connectivity index (χ0) is 43.7. The van der Waals surface area contributed by atoms with Gasteiger partial charge in [-0.15, -0.1) is 0 Å². The normalized spacial score (nSPS) is 16.5. The van der Waals surface area contributed by atoms with Crippen LogP contribution in [0.25, 0.3) is 56.7 Å². The third kappa shape index (κ3) is 6.97. The third-order valence-electron chi connectivity index (χ3n) is 14.2. The van der Waals surface area contributed by atoms with Crippen molar-refractivity contribution < 1.29 is 21.8 Å². The molecule has 0 bridgehead atoms. The summed E-state index contributed by atoms with van der Waals surface area (Å²) < 4.78 is 2.27. The molecule has 0 spiro atoms. The zero-order valence-electron chi connectivity index (χ0n) is 37.9. The third-order valence-corrected chi connectivity index (χ3v) is 25.9. The molecule has 0 saturated carbocycles. The van der Waals surface area contributed by atoms with Crippen molar-refractivity contribution in [1.29, 1.82) is 0 Å². The Hall–Kier alpha value is -5.66. The van der Waals surface area contributed by atoms with E-state index in [1.807, 2.05) is 0 Å². The Kier molecular flexibility index (Phi) is 10.3. The average molecular weight is 919 g/mol. The molecule has 2 unspecified atom stereocenters. The molecule has 2 atom stereocenters. The van der Waals surface area contributed by atoms with Crippen LogP contribution < -0.4 is 13.6 Å². The maximum atomic E-state index is 2.64. The van der Waals surface area contributed by atoms with Crippen LogP contribution in [0.4, 0.5) is 0 Å². The van der Waals surface area contributed by atoms with Crippen molar-refractivity contribution in [2.75, 3.05) is 0 Å². The molecule has 2 aliphatic carbocycles. The number of allylic oxidation sites excluding steroid dienone is 2. The summed E-state index contributed by atoms with van der Waals surface area (Å²) in [5.74, 6) is 0. The molecule has 311 valence electrons. The molecular formula is C62H55SiZr. The second-order valence-electron chi connectivity index (χ2n) is 20.1. The summed E-state index contributed by atoms with van der Waals surface area (Å²) in [6.45, 7) is 14.1. The van der Waals surface area contributed by atoms with Crippen molar-refractivity contribution in [3.63, 3.8) is 0 Å². The van der Waals surface area contributed by atoms with Crippen molar-refractivity contribution in [3.05, 3.63) is 233 Å². The van der Waals surface area contributed by atoms with Crippen LogP contribution in [0, 0.1) is 0 Å². The molecule has 0 amide bonds. The molecule has 8 aromatic rings. The van der Waals surface area contributed by atoms with E-state index in [0.29, 0.717) is 0 Å². The van der Waals surface area contributed by atoms with Crippen LogP contribution in [0.5, 0.6) is 0 Å². The number of fused-ring (bicyclic) bond motifs is 5. The van der Waals surface area contributed by atoms with Gasteiger partial charge >= 0.3 is 394 Å². The summed E-state index contributed by atoms with van der Waals surface area (Å²) in [6, 6.07) is 72.6. The first-order chi connectivity index (χ1) is 31.1. The predicted molar refractivity (Wildman–Crippen MR) is 275 cm³/mol. The zero-order valence-corrected chi connectivity index (χ0v) is 41.8. The minimum absolute atomic E-state index is 0.000697. The van der Waals surface area contributed by atoms with Crippen LogP contribution in [-0.4, -0.2) is 9.52 Å². The van der Waals surface area contributed by atoms with E-state index in [4.69, 9.17) is 0 Å². The first kappa shape index (κ1) is 41.1. The molecule has 0 N–H and O–H groups in total. The predicted octanol–water partition coefficient (Wildman–Crippen LogP) is 13.6. The van der Waals surface area contributed by atoms with Crippen LogP contribution in [0.1, 0.15) is 93.3 Å². The fourth-order valence-corrected chi connectivity index (χ4v) is 25.2. The van der Waals surface area contributed by atoms with E-state index in [1.54, 1.807) is 13.6 Å². The molecule has 0 radical (unpaired) electrons. The Balaban J connectivity index is 1.22. The summed E-state index contributed by atoms with van der Waals surface area (Å²) in [7, 11) is -0.727. The van der Waals surface area contributed by atoms with E-state index in [9.17, 15) is 0 Å². The van der Waals surface area contributed by atoms with Crippen LogP contribution in [0.2, 0.25) is 0 Å². The van der Waals surface area contributed by atoms with Crippen molar-refractivity contribution in [2.45, 2.75) is 59.6 Å². The molecule has 0 fully saturated rings. The number of hydrogen-bond donors (Lipinski definition) is 0. The standard InChI is InChI=1S/2C25H23.C12H9Si.Zr/c2*1-25(2,3)24-15-8-7-13-22(24)21-14-9-12-19-16-20(17-23(19)21)18-10-5-4-6-11-18;1-3-7-11-9(5-1)10-6-2-4-8-12(10)13-11;/h2*4-17H,1-3H3;1-7H,13H2;. The summed E-state index contributed by atoms with van der Waals surface area (Å²) in [4.78, 5) is 0. The molecule has 1 aliphatic heterocycles. The Bertz CT molecular complexity index is 2990. The number of benzene rings is 8. The maximum absolute atomic E-state index is 3.19. The molecule has 64 heavy (non-hydrogen) atoms. The fourth-order valence-electron chi connectivity index (χ4n) is 11.4. The number of rotatable bonds is 7. The van der Waals surface area contributed by atoms with Crippen LogP contribution in [-0.2, 0) is 32.6 Å². The number of hydrogen-bond acceptors (Lipinski definition) is 0. The topological polar surface area (TPSA) is 0 Å². The summed E-state index contributed by atoms with van der Waals surface area (Å²) >= 11 is -3.19. The van der Waals surface area contributed by atoms with Gasteiger partial charge in [0.25, 0.3) is 0 Å². The van der Waals surface area contributed by atoms with E-state index in [1.165, 1.54) is 89.0 Å². The van der Waals surface area contributed by atoms with Gasteiger partial charge in [0, 0.05) is 0 Å². The van der Waals surface area contributed by atoms with Crippen LogP contribution in [0.3, 0.4) is 0 Å². The van der Waals surface area contributed by atoms with Gasteiger partial charge in [-0.2, -0.15) is 0 Å². The Morgan fingerprint density at radius 2 is 0.781 bits per heavy atom. The summed E-state index contributed by atoms with van der Waals surface area (Å²) in [6.07, 6.45) is 5.27. The van der Waals surface area contributed by atoms with Crippen LogP contribution >= 0.6 is 0 Å². The van der Waals surface area contributed by atoms with E-state index in [-0.39, 0.29) is 18.1 Å². The summed E-state index contributed by atoms with van der Waals surface area (Å²) in [5, 5.41) is 3.29. The van der Waals surface area contributed by atoms with E-state index >= 15 is 0 Å². The molecule has 1 heterocycles. The van der Waals surface area contributed by atoms with Crippen molar-refractivity contribution in [1.82, 2.24) is 0 Å². The quantitative estimate of drug-likeness (QED) is 0.140. The van der Waals surface area contributed by atoms with E-state index in [2.05, 4.69) is 242 Å². The van der Waals surface area contributed by atoms with Gasteiger partial charge < -0.3 is 0 Å². The van der Waals surface area contributed by atoms with Gasteiger partial charge in [0.05, 0.1) is 0 Å². The molecule has 2 heteroatoms. The second kappa shape index (κ2) is 16.1. The van der Waals surface area contributed by atoms with Crippen LogP contribution in [0.15, 0.2) is 188 Å². The van der Waals surface area contributed by atoms with Gasteiger partial charge in [-0.05, 0) is 0 Å². The average Bonchev–Trinajstić information content (AvgIpc) is 4.02. The van der Waals surface area contributed by atoms with E-state index in [0.717, 1.165) is 0 Å². The van der Waals surface area contributed by atoms with Gasteiger partial charge in [-0.1, -0.05) is 0 Å². The molecular weight excluding hydrogens is 864 g/mol. The monoisotopic (exact) mass is 917 g/mol. The molecule has 3 aliphatic rings. The van der Waals surface area contributed by atoms with Crippen molar-refractivity contribution in [2.24, 2.45) is 0 Å². The fraction of sp³-hybridized carbons (Fsp3) is 0.161. The van der Waals surface area contributed by atoms with Gasteiger partial charge in [0.1, 0.15) is 0 Å². The van der Waals surface area contributed by atoms with E-state index < -0.39 is 31.3 Å². The Labute approximate surface area is 391 Å². The first-order valence-corrected chi connectivity index (χ1v) is 28.6. The van der Waals surface area contributed by atoms with Gasteiger partial charge in [-0.3, -0.25) is 0 Å².